The Morgan fingerprint density at radius 3 is 2.40 bits per heavy atom. The van der Waals surface area contributed by atoms with Crippen LogP contribution in [-0.4, -0.2) is 33.9 Å². The van der Waals surface area contributed by atoms with Crippen molar-refractivity contribution in [3.8, 4) is 5.69 Å². The van der Waals surface area contributed by atoms with Crippen molar-refractivity contribution < 1.29 is 14.4 Å². The molecule has 1 saturated heterocycles. The SMILES string of the molecule is Cc1nn(-c2ccccc2)c(C)c1C(=O)C(=O)Nc1ccccc1N1CCCC1=O. The molecule has 1 N–H and O–H groups in total. The van der Waals surface area contributed by atoms with Gasteiger partial charge in [-0.05, 0) is 44.5 Å². The third kappa shape index (κ3) is 3.50. The molecule has 2 heterocycles. The molecule has 0 radical (unpaired) electrons. The van der Waals surface area contributed by atoms with Gasteiger partial charge < -0.3 is 10.2 Å². The number of benzene rings is 2. The molecule has 1 aromatic heterocycles. The van der Waals surface area contributed by atoms with E-state index in [9.17, 15) is 14.4 Å². The van der Waals surface area contributed by atoms with Gasteiger partial charge in [0.05, 0.1) is 34.0 Å². The molecule has 0 spiro atoms. The molecule has 7 nitrogen and oxygen atoms in total. The Hall–Kier alpha value is -3.74. The first-order valence-corrected chi connectivity index (χ1v) is 9.84. The molecule has 7 heteroatoms. The van der Waals surface area contributed by atoms with Crippen LogP contribution in [0, 0.1) is 13.8 Å². The van der Waals surface area contributed by atoms with Gasteiger partial charge in [0.15, 0.2) is 0 Å². The third-order valence-electron chi connectivity index (χ3n) is 5.24. The van der Waals surface area contributed by atoms with E-state index < -0.39 is 11.7 Å². The van der Waals surface area contributed by atoms with Crippen molar-refractivity contribution in [2.45, 2.75) is 26.7 Å². The van der Waals surface area contributed by atoms with Crippen molar-refractivity contribution >= 4 is 29.0 Å². The quantitative estimate of drug-likeness (QED) is 0.523. The van der Waals surface area contributed by atoms with Crippen LogP contribution in [0.25, 0.3) is 5.69 Å². The van der Waals surface area contributed by atoms with E-state index in [-0.39, 0.29) is 11.5 Å². The molecular formula is C23H22N4O3. The van der Waals surface area contributed by atoms with E-state index >= 15 is 0 Å². The van der Waals surface area contributed by atoms with Crippen LogP contribution in [0.1, 0.15) is 34.6 Å². The second kappa shape index (κ2) is 7.94. The average molecular weight is 402 g/mol. The second-order valence-electron chi connectivity index (χ2n) is 7.24. The lowest BCUT2D eigenvalue weighted by molar-refractivity contribution is -0.117. The number of rotatable bonds is 5. The van der Waals surface area contributed by atoms with Gasteiger partial charge in [-0.15, -0.1) is 0 Å². The third-order valence-corrected chi connectivity index (χ3v) is 5.24. The smallest absolute Gasteiger partial charge is 0.296 e. The summed E-state index contributed by atoms with van der Waals surface area (Å²) in [6.45, 7) is 4.08. The number of carbonyl (C=O) groups is 3. The molecule has 2 amide bonds. The molecule has 0 atom stereocenters. The summed E-state index contributed by atoms with van der Waals surface area (Å²) in [5.74, 6) is -1.40. The molecule has 4 rings (SSSR count). The summed E-state index contributed by atoms with van der Waals surface area (Å²) in [7, 11) is 0. The summed E-state index contributed by atoms with van der Waals surface area (Å²) in [5, 5.41) is 7.13. The van der Waals surface area contributed by atoms with Gasteiger partial charge in [-0.1, -0.05) is 30.3 Å². The maximum Gasteiger partial charge on any atom is 0.296 e. The van der Waals surface area contributed by atoms with Crippen LogP contribution >= 0.6 is 0 Å². The first-order valence-electron chi connectivity index (χ1n) is 9.84. The van der Waals surface area contributed by atoms with Gasteiger partial charge in [-0.2, -0.15) is 5.10 Å². The highest BCUT2D eigenvalue weighted by atomic mass is 16.2. The van der Waals surface area contributed by atoms with Gasteiger partial charge >= 0.3 is 0 Å². The van der Waals surface area contributed by atoms with Crippen LogP contribution < -0.4 is 10.2 Å². The normalized spacial score (nSPS) is 13.5. The monoisotopic (exact) mass is 402 g/mol. The Labute approximate surface area is 174 Å². The number of nitrogens with one attached hydrogen (secondary N) is 1. The minimum absolute atomic E-state index is 0.0128. The topological polar surface area (TPSA) is 84.3 Å². The summed E-state index contributed by atoms with van der Waals surface area (Å²) in [5.41, 5.74) is 3.23. The van der Waals surface area contributed by atoms with Gasteiger partial charge in [0.25, 0.3) is 11.7 Å². The van der Waals surface area contributed by atoms with Crippen LogP contribution in [-0.2, 0) is 9.59 Å². The van der Waals surface area contributed by atoms with Crippen LogP contribution in [0.5, 0.6) is 0 Å². The van der Waals surface area contributed by atoms with Gasteiger partial charge in [0.1, 0.15) is 0 Å². The summed E-state index contributed by atoms with van der Waals surface area (Å²) in [4.78, 5) is 39.6. The molecule has 1 aliphatic rings. The summed E-state index contributed by atoms with van der Waals surface area (Å²) >= 11 is 0. The number of ketones is 1. The highest BCUT2D eigenvalue weighted by Crippen LogP contribution is 2.29. The number of hydrogen-bond acceptors (Lipinski definition) is 4. The summed E-state index contributed by atoms with van der Waals surface area (Å²) in [6.07, 6.45) is 1.26. The average Bonchev–Trinajstić information content (AvgIpc) is 3.31. The number of carbonyl (C=O) groups excluding carboxylic acids is 3. The van der Waals surface area contributed by atoms with E-state index in [2.05, 4.69) is 10.4 Å². The Morgan fingerprint density at radius 1 is 1.00 bits per heavy atom. The first kappa shape index (κ1) is 19.6. The van der Waals surface area contributed by atoms with Gasteiger partial charge in [-0.25, -0.2) is 4.68 Å². The number of anilines is 2. The number of hydrogen-bond donors (Lipinski definition) is 1. The lowest BCUT2D eigenvalue weighted by atomic mass is 10.1. The number of Topliss-reactive ketones (excluding diaryl/α,β-unsaturated/α-hetero) is 1. The molecule has 1 fully saturated rings. The molecule has 0 bridgehead atoms. The van der Waals surface area contributed by atoms with Crippen molar-refractivity contribution in [1.82, 2.24) is 9.78 Å². The highest BCUT2D eigenvalue weighted by molar-refractivity contribution is 6.47. The molecule has 1 aliphatic heterocycles. The van der Waals surface area contributed by atoms with E-state index in [4.69, 9.17) is 0 Å². The molecule has 3 aromatic rings. The fourth-order valence-electron chi connectivity index (χ4n) is 3.80. The van der Waals surface area contributed by atoms with Crippen LogP contribution in [0.4, 0.5) is 11.4 Å². The van der Waals surface area contributed by atoms with Gasteiger partial charge in [0, 0.05) is 13.0 Å². The predicted octanol–water partition coefficient (Wildman–Crippen LogP) is 3.44. The first-order chi connectivity index (χ1) is 14.5. The number of aryl methyl sites for hydroxylation is 1. The number of para-hydroxylation sites is 3. The number of amides is 2. The molecule has 30 heavy (non-hydrogen) atoms. The lowest BCUT2D eigenvalue weighted by Gasteiger charge is -2.19. The maximum absolute atomic E-state index is 13.0. The van der Waals surface area contributed by atoms with E-state index in [1.165, 1.54) is 0 Å². The Kier molecular flexibility index (Phi) is 5.18. The van der Waals surface area contributed by atoms with Gasteiger partial charge in [0.2, 0.25) is 5.91 Å². The second-order valence-corrected chi connectivity index (χ2v) is 7.24. The lowest BCUT2D eigenvalue weighted by Crippen LogP contribution is -2.28. The van der Waals surface area contributed by atoms with Crippen molar-refractivity contribution in [2.75, 3.05) is 16.8 Å². The van der Waals surface area contributed by atoms with E-state index in [1.807, 2.05) is 30.3 Å². The Morgan fingerprint density at radius 2 is 1.70 bits per heavy atom. The molecule has 0 aliphatic carbocycles. The standard InChI is InChI=1S/C23H22N4O3/c1-15-21(16(2)27(25-15)17-9-4-3-5-10-17)22(29)23(30)24-18-11-6-7-12-19(18)26-14-8-13-20(26)28/h3-7,9-12H,8,13-14H2,1-2H3,(H,24,30). The maximum atomic E-state index is 13.0. The minimum Gasteiger partial charge on any atom is -0.317 e. The fourth-order valence-corrected chi connectivity index (χ4v) is 3.80. The van der Waals surface area contributed by atoms with E-state index in [0.29, 0.717) is 35.7 Å². The van der Waals surface area contributed by atoms with Crippen LogP contribution in [0.3, 0.4) is 0 Å². The molecule has 152 valence electrons. The largest absolute Gasteiger partial charge is 0.317 e. The van der Waals surface area contributed by atoms with E-state index in [1.54, 1.807) is 47.7 Å². The molecule has 0 saturated carbocycles. The molecular weight excluding hydrogens is 380 g/mol. The summed E-state index contributed by atoms with van der Waals surface area (Å²) < 4.78 is 1.66. The highest BCUT2D eigenvalue weighted by Gasteiger charge is 2.28. The van der Waals surface area contributed by atoms with Crippen LogP contribution in [0.2, 0.25) is 0 Å². The zero-order valence-electron chi connectivity index (χ0n) is 16.9. The Balaban J connectivity index is 1.61. The number of aromatic nitrogens is 2. The van der Waals surface area contributed by atoms with Crippen molar-refractivity contribution in [3.05, 3.63) is 71.5 Å². The molecule has 0 unspecified atom stereocenters. The molecule has 2 aromatic carbocycles. The van der Waals surface area contributed by atoms with Crippen LogP contribution in [0.15, 0.2) is 54.6 Å². The van der Waals surface area contributed by atoms with E-state index in [0.717, 1.165) is 12.1 Å². The van der Waals surface area contributed by atoms with Crippen molar-refractivity contribution in [2.24, 2.45) is 0 Å². The van der Waals surface area contributed by atoms with Crippen molar-refractivity contribution in [3.63, 3.8) is 0 Å². The zero-order chi connectivity index (χ0) is 21.3. The Bertz CT molecular complexity index is 1130. The zero-order valence-corrected chi connectivity index (χ0v) is 16.9. The fraction of sp³-hybridized carbons (Fsp3) is 0.217. The summed E-state index contributed by atoms with van der Waals surface area (Å²) in [6, 6.07) is 16.5. The van der Waals surface area contributed by atoms with Gasteiger partial charge in [-0.3, -0.25) is 14.4 Å². The minimum atomic E-state index is -0.757. The predicted molar refractivity (Wildman–Crippen MR) is 114 cm³/mol. The number of nitrogens with zero attached hydrogens (tertiary/aromatic N) is 3. The van der Waals surface area contributed by atoms with Crippen molar-refractivity contribution in [1.29, 1.82) is 0 Å².